The number of para-hydroxylation sites is 1. The molecule has 0 atom stereocenters. The van der Waals surface area contributed by atoms with Crippen molar-refractivity contribution in [3.8, 4) is 10.6 Å². The van der Waals surface area contributed by atoms with Crippen molar-refractivity contribution in [1.82, 2.24) is 10.2 Å². The molecule has 0 aliphatic heterocycles. The van der Waals surface area contributed by atoms with Crippen LogP contribution in [-0.2, 0) is 0 Å². The Morgan fingerprint density at radius 3 is 2.23 bits per heavy atom. The van der Waals surface area contributed by atoms with E-state index >= 15 is 0 Å². The van der Waals surface area contributed by atoms with Gasteiger partial charge < -0.3 is 5.32 Å². The number of carbonyl (C=O) groups excluding carboxylic acids is 2. The van der Waals surface area contributed by atoms with E-state index in [0.717, 1.165) is 5.56 Å². The lowest BCUT2D eigenvalue weighted by molar-refractivity contribution is 0.102. The van der Waals surface area contributed by atoms with E-state index in [2.05, 4.69) is 20.8 Å². The average molecular weight is 435 g/mol. The largest absolute Gasteiger partial charge is 0.321 e. The van der Waals surface area contributed by atoms with Gasteiger partial charge in [-0.1, -0.05) is 65.4 Å². The first-order valence-electron chi connectivity index (χ1n) is 8.96. The number of carbonyl (C=O) groups is 2. The second kappa shape index (κ2) is 8.86. The molecule has 0 aliphatic rings. The Labute approximate surface area is 181 Å². The van der Waals surface area contributed by atoms with Crippen LogP contribution in [0.1, 0.15) is 20.7 Å². The van der Waals surface area contributed by atoms with Gasteiger partial charge in [0.1, 0.15) is 5.01 Å². The molecule has 8 heteroatoms. The Balaban J connectivity index is 1.50. The monoisotopic (exact) mass is 434 g/mol. The van der Waals surface area contributed by atoms with Gasteiger partial charge in [0, 0.05) is 16.1 Å². The maximum absolute atomic E-state index is 12.8. The Hall–Kier alpha value is -3.55. The van der Waals surface area contributed by atoms with E-state index < -0.39 is 5.91 Å². The Bertz CT molecular complexity index is 1190. The highest BCUT2D eigenvalue weighted by molar-refractivity contribution is 7.18. The normalized spacial score (nSPS) is 10.4. The minimum atomic E-state index is -0.391. The van der Waals surface area contributed by atoms with Crippen molar-refractivity contribution in [2.24, 2.45) is 0 Å². The number of hydrogen-bond donors (Lipinski definition) is 2. The van der Waals surface area contributed by atoms with Crippen molar-refractivity contribution in [3.63, 3.8) is 0 Å². The molecule has 0 spiro atoms. The van der Waals surface area contributed by atoms with Gasteiger partial charge in [-0.2, -0.15) is 0 Å². The van der Waals surface area contributed by atoms with E-state index in [0.29, 0.717) is 32.0 Å². The molecule has 1 aromatic heterocycles. The maximum Gasteiger partial charge on any atom is 0.259 e. The summed E-state index contributed by atoms with van der Waals surface area (Å²) >= 11 is 7.14. The highest BCUT2D eigenvalue weighted by Crippen LogP contribution is 2.27. The molecular weight excluding hydrogens is 420 g/mol. The average Bonchev–Trinajstić information content (AvgIpc) is 3.23. The van der Waals surface area contributed by atoms with Crippen molar-refractivity contribution >= 4 is 45.6 Å². The van der Waals surface area contributed by atoms with Crippen molar-refractivity contribution in [3.05, 3.63) is 95.0 Å². The van der Waals surface area contributed by atoms with Crippen molar-refractivity contribution in [2.45, 2.75) is 0 Å². The molecule has 4 rings (SSSR count). The summed E-state index contributed by atoms with van der Waals surface area (Å²) in [6.45, 7) is 0. The molecule has 0 saturated heterocycles. The number of anilines is 2. The van der Waals surface area contributed by atoms with Crippen molar-refractivity contribution in [2.75, 3.05) is 10.6 Å². The standard InChI is InChI=1S/C22H15ClN4O2S/c23-16-12-10-14(11-13-16)19(28)24-18-9-5-4-8-17(18)20(29)25-22-27-26-21(30-22)15-6-2-1-3-7-15/h1-13H,(H,24,28)(H,25,27,29). The Morgan fingerprint density at radius 2 is 1.47 bits per heavy atom. The van der Waals surface area contributed by atoms with Crippen LogP contribution in [0.15, 0.2) is 78.9 Å². The minimum Gasteiger partial charge on any atom is -0.321 e. The van der Waals surface area contributed by atoms with Gasteiger partial charge >= 0.3 is 0 Å². The summed E-state index contributed by atoms with van der Waals surface area (Å²) in [5.41, 5.74) is 2.07. The van der Waals surface area contributed by atoms with Crippen LogP contribution in [0.4, 0.5) is 10.8 Å². The number of halogens is 1. The molecule has 3 aromatic carbocycles. The number of nitrogens with zero attached hydrogens (tertiary/aromatic N) is 2. The SMILES string of the molecule is O=C(Nc1ccccc1C(=O)Nc1nnc(-c2ccccc2)s1)c1ccc(Cl)cc1. The molecule has 0 saturated carbocycles. The topological polar surface area (TPSA) is 84.0 Å². The molecule has 0 aliphatic carbocycles. The summed E-state index contributed by atoms with van der Waals surface area (Å²) in [6, 6.07) is 22.9. The summed E-state index contributed by atoms with van der Waals surface area (Å²) in [4.78, 5) is 25.3. The van der Waals surface area contributed by atoms with Crippen LogP contribution in [0.3, 0.4) is 0 Å². The molecule has 0 unspecified atom stereocenters. The number of rotatable bonds is 5. The third kappa shape index (κ3) is 4.53. The molecule has 0 fully saturated rings. The van der Waals surface area contributed by atoms with Gasteiger partial charge in [-0.15, -0.1) is 10.2 Å². The fraction of sp³-hybridized carbons (Fsp3) is 0. The van der Waals surface area contributed by atoms with Gasteiger partial charge in [-0.05, 0) is 36.4 Å². The zero-order valence-electron chi connectivity index (χ0n) is 15.5. The van der Waals surface area contributed by atoms with Crippen LogP contribution in [0, 0.1) is 0 Å². The molecule has 4 aromatic rings. The molecule has 0 bridgehead atoms. The maximum atomic E-state index is 12.8. The second-order valence-electron chi connectivity index (χ2n) is 6.24. The lowest BCUT2D eigenvalue weighted by Crippen LogP contribution is -2.18. The number of benzene rings is 3. The van der Waals surface area contributed by atoms with E-state index in [4.69, 9.17) is 11.6 Å². The molecule has 30 heavy (non-hydrogen) atoms. The van der Waals surface area contributed by atoms with E-state index in [-0.39, 0.29) is 5.91 Å². The first kappa shape index (κ1) is 19.8. The van der Waals surface area contributed by atoms with E-state index in [1.54, 1.807) is 48.5 Å². The first-order chi connectivity index (χ1) is 14.6. The highest BCUT2D eigenvalue weighted by Gasteiger charge is 2.16. The molecule has 6 nitrogen and oxygen atoms in total. The first-order valence-corrected chi connectivity index (χ1v) is 10.2. The Morgan fingerprint density at radius 1 is 0.767 bits per heavy atom. The highest BCUT2D eigenvalue weighted by atomic mass is 35.5. The summed E-state index contributed by atoms with van der Waals surface area (Å²) in [5.74, 6) is -0.730. The quantitative estimate of drug-likeness (QED) is 0.442. The van der Waals surface area contributed by atoms with E-state index in [1.165, 1.54) is 11.3 Å². The van der Waals surface area contributed by atoms with Crippen LogP contribution in [-0.4, -0.2) is 22.0 Å². The van der Waals surface area contributed by atoms with Crippen LogP contribution >= 0.6 is 22.9 Å². The fourth-order valence-corrected chi connectivity index (χ4v) is 3.59. The van der Waals surface area contributed by atoms with Crippen molar-refractivity contribution < 1.29 is 9.59 Å². The smallest absolute Gasteiger partial charge is 0.259 e. The summed E-state index contributed by atoms with van der Waals surface area (Å²) in [6.07, 6.45) is 0. The van der Waals surface area contributed by atoms with Gasteiger partial charge in [0.2, 0.25) is 5.13 Å². The summed E-state index contributed by atoms with van der Waals surface area (Å²) in [7, 11) is 0. The second-order valence-corrected chi connectivity index (χ2v) is 7.65. The molecule has 2 N–H and O–H groups in total. The third-order valence-corrected chi connectivity index (χ3v) is 5.33. The lowest BCUT2D eigenvalue weighted by Gasteiger charge is -2.10. The van der Waals surface area contributed by atoms with Crippen molar-refractivity contribution in [1.29, 1.82) is 0 Å². The zero-order chi connectivity index (χ0) is 20.9. The van der Waals surface area contributed by atoms with Crippen LogP contribution in [0.5, 0.6) is 0 Å². The third-order valence-electron chi connectivity index (χ3n) is 4.19. The summed E-state index contributed by atoms with van der Waals surface area (Å²) in [5, 5.41) is 15.3. The van der Waals surface area contributed by atoms with Gasteiger partial charge in [-0.25, -0.2) is 0 Å². The van der Waals surface area contributed by atoms with Crippen LogP contribution in [0.2, 0.25) is 5.02 Å². The fourth-order valence-electron chi connectivity index (χ4n) is 2.72. The van der Waals surface area contributed by atoms with Crippen LogP contribution < -0.4 is 10.6 Å². The molecular formula is C22H15ClN4O2S. The Kier molecular flexibility index (Phi) is 5.83. The van der Waals surface area contributed by atoms with E-state index in [1.807, 2.05) is 30.3 Å². The van der Waals surface area contributed by atoms with Gasteiger partial charge in [-0.3, -0.25) is 14.9 Å². The molecule has 148 valence electrons. The molecule has 1 heterocycles. The predicted molar refractivity (Wildman–Crippen MR) is 119 cm³/mol. The summed E-state index contributed by atoms with van der Waals surface area (Å²) < 4.78 is 0. The lowest BCUT2D eigenvalue weighted by atomic mass is 10.1. The number of hydrogen-bond acceptors (Lipinski definition) is 5. The van der Waals surface area contributed by atoms with E-state index in [9.17, 15) is 9.59 Å². The van der Waals surface area contributed by atoms with Gasteiger partial charge in [0.05, 0.1) is 11.3 Å². The number of nitrogens with one attached hydrogen (secondary N) is 2. The molecule has 2 amide bonds. The van der Waals surface area contributed by atoms with Crippen LogP contribution in [0.25, 0.3) is 10.6 Å². The van der Waals surface area contributed by atoms with Gasteiger partial charge in [0.15, 0.2) is 0 Å². The number of amides is 2. The molecule has 0 radical (unpaired) electrons. The minimum absolute atomic E-state index is 0.316. The number of aromatic nitrogens is 2. The zero-order valence-corrected chi connectivity index (χ0v) is 17.1. The predicted octanol–water partition coefficient (Wildman–Crippen LogP) is 5.36. The van der Waals surface area contributed by atoms with Gasteiger partial charge in [0.25, 0.3) is 11.8 Å².